The normalized spacial score (nSPS) is 17.0. The molecule has 25 heavy (non-hydrogen) atoms. The second-order valence-electron chi connectivity index (χ2n) is 7.16. The minimum absolute atomic E-state index is 0.450. The molecule has 0 unspecified atom stereocenters. The first kappa shape index (κ1) is 14.7. The van der Waals surface area contributed by atoms with Crippen molar-refractivity contribution in [3.8, 4) is 0 Å². The van der Waals surface area contributed by atoms with Crippen LogP contribution < -0.4 is 9.80 Å². The van der Waals surface area contributed by atoms with Gasteiger partial charge in [-0.05, 0) is 43.0 Å². The fraction of sp³-hybridized carbons (Fsp3) is 0.421. The monoisotopic (exact) mass is 334 g/mol. The molecule has 6 heteroatoms. The van der Waals surface area contributed by atoms with Crippen LogP contribution in [0.1, 0.15) is 17.7 Å². The number of fused-ring (bicyclic) bond motifs is 2. The van der Waals surface area contributed by atoms with E-state index < -0.39 is 0 Å². The molecule has 0 amide bonds. The highest BCUT2D eigenvalue weighted by atomic mass is 15.4. The Kier molecular flexibility index (Phi) is 3.20. The Morgan fingerprint density at radius 2 is 1.96 bits per heavy atom. The highest BCUT2D eigenvalue weighted by Crippen LogP contribution is 2.29. The maximum absolute atomic E-state index is 4.80. The third-order valence-electron chi connectivity index (χ3n) is 5.62. The first-order valence-electron chi connectivity index (χ1n) is 8.95. The van der Waals surface area contributed by atoms with Crippen LogP contribution in [-0.2, 0) is 19.9 Å². The van der Waals surface area contributed by atoms with Crippen LogP contribution in [0.2, 0.25) is 0 Å². The van der Waals surface area contributed by atoms with Gasteiger partial charge in [0.15, 0.2) is 5.82 Å². The van der Waals surface area contributed by atoms with E-state index in [2.05, 4.69) is 62.9 Å². The molecule has 3 heterocycles. The summed E-state index contributed by atoms with van der Waals surface area (Å²) >= 11 is 0. The van der Waals surface area contributed by atoms with Crippen LogP contribution in [0.3, 0.4) is 0 Å². The zero-order valence-corrected chi connectivity index (χ0v) is 14.7. The van der Waals surface area contributed by atoms with Gasteiger partial charge in [-0.25, -0.2) is 4.98 Å². The molecule has 2 aliphatic rings. The zero-order valence-electron chi connectivity index (χ0n) is 14.7. The number of likely N-dealkylation sites (N-methyl/N-ethyl adjacent to an activating group) is 1. The summed E-state index contributed by atoms with van der Waals surface area (Å²) in [5.74, 6) is 2.04. The van der Waals surface area contributed by atoms with Gasteiger partial charge in [0.2, 0.25) is 5.95 Å². The second-order valence-corrected chi connectivity index (χ2v) is 7.16. The van der Waals surface area contributed by atoms with Gasteiger partial charge in [0, 0.05) is 27.2 Å². The van der Waals surface area contributed by atoms with E-state index >= 15 is 0 Å². The maximum Gasteiger partial charge on any atom is 0.206 e. The Morgan fingerprint density at radius 3 is 2.80 bits per heavy atom. The molecule has 0 radical (unpaired) electrons. The van der Waals surface area contributed by atoms with Gasteiger partial charge in [0.1, 0.15) is 0 Å². The summed E-state index contributed by atoms with van der Waals surface area (Å²) in [7, 11) is 4.22. The van der Waals surface area contributed by atoms with E-state index in [0.29, 0.717) is 6.04 Å². The van der Waals surface area contributed by atoms with Gasteiger partial charge in [-0.3, -0.25) is 0 Å². The highest BCUT2D eigenvalue weighted by Gasteiger charge is 2.33. The summed E-state index contributed by atoms with van der Waals surface area (Å²) in [6.45, 7) is 1.93. The molecule has 6 nitrogen and oxygen atoms in total. The van der Waals surface area contributed by atoms with E-state index in [4.69, 9.17) is 4.98 Å². The van der Waals surface area contributed by atoms with E-state index in [-0.39, 0.29) is 0 Å². The van der Waals surface area contributed by atoms with E-state index in [1.807, 2.05) is 6.07 Å². The topological polar surface area (TPSA) is 50.1 Å². The first-order valence-corrected chi connectivity index (χ1v) is 8.95. The molecular formula is C19H22N6. The van der Waals surface area contributed by atoms with Crippen molar-refractivity contribution in [3.63, 3.8) is 0 Å². The lowest BCUT2D eigenvalue weighted by atomic mass is 10.1. The van der Waals surface area contributed by atoms with Crippen LogP contribution in [0, 0.1) is 0 Å². The largest absolute Gasteiger partial charge is 0.351 e. The lowest BCUT2D eigenvalue weighted by Crippen LogP contribution is -2.59. The van der Waals surface area contributed by atoms with Crippen molar-refractivity contribution in [1.82, 2.24) is 19.7 Å². The van der Waals surface area contributed by atoms with Crippen LogP contribution in [0.25, 0.3) is 11.0 Å². The molecule has 5 rings (SSSR count). The standard InChI is InChI=1S/C19H22N6/c1-23(19-20-16-7-3-4-9-17(16)24(19)2)14-11-25(12-14)18-10-13-6-5-8-15(13)21-22-18/h3-4,7,9-10,14H,5-6,8,11-12H2,1-2H3. The number of rotatable bonds is 3. The Bertz CT molecular complexity index is 940. The van der Waals surface area contributed by atoms with Crippen molar-refractivity contribution in [2.75, 3.05) is 29.9 Å². The molecule has 1 aliphatic carbocycles. The van der Waals surface area contributed by atoms with Gasteiger partial charge < -0.3 is 14.4 Å². The number of anilines is 2. The minimum Gasteiger partial charge on any atom is -0.351 e. The molecule has 1 aromatic carbocycles. The first-order chi connectivity index (χ1) is 12.2. The average Bonchev–Trinajstić information content (AvgIpc) is 3.18. The minimum atomic E-state index is 0.450. The van der Waals surface area contributed by atoms with Crippen molar-refractivity contribution >= 4 is 22.8 Å². The van der Waals surface area contributed by atoms with E-state index in [1.165, 1.54) is 23.2 Å². The number of imidazole rings is 1. The summed E-state index contributed by atoms with van der Waals surface area (Å²) in [4.78, 5) is 9.41. The van der Waals surface area contributed by atoms with Crippen molar-refractivity contribution in [1.29, 1.82) is 0 Å². The molecule has 0 spiro atoms. The lowest BCUT2D eigenvalue weighted by molar-refractivity contribution is 0.482. The van der Waals surface area contributed by atoms with Crippen molar-refractivity contribution in [3.05, 3.63) is 41.6 Å². The van der Waals surface area contributed by atoms with E-state index in [1.54, 1.807) is 0 Å². The Balaban J connectivity index is 1.33. The van der Waals surface area contributed by atoms with Crippen molar-refractivity contribution in [2.45, 2.75) is 25.3 Å². The number of aromatic nitrogens is 4. The van der Waals surface area contributed by atoms with Gasteiger partial charge in [0.25, 0.3) is 0 Å². The number of nitrogens with zero attached hydrogens (tertiary/aromatic N) is 6. The highest BCUT2D eigenvalue weighted by molar-refractivity contribution is 5.78. The molecule has 0 N–H and O–H groups in total. The summed E-state index contributed by atoms with van der Waals surface area (Å²) in [6, 6.07) is 11.0. The third-order valence-corrected chi connectivity index (χ3v) is 5.62. The molecule has 2 aromatic heterocycles. The summed E-state index contributed by atoms with van der Waals surface area (Å²) in [5.41, 5.74) is 4.80. The SMILES string of the molecule is CN(c1nc2ccccc2n1C)C1CN(c2cc3c(nn2)CCC3)C1. The number of para-hydroxylation sites is 2. The molecule has 0 saturated carbocycles. The molecule has 3 aromatic rings. The van der Waals surface area contributed by atoms with Gasteiger partial charge in [-0.15, -0.1) is 5.10 Å². The van der Waals surface area contributed by atoms with Crippen molar-refractivity contribution < 1.29 is 0 Å². The molecule has 0 atom stereocenters. The Labute approximate surface area is 147 Å². The molecule has 1 fully saturated rings. The fourth-order valence-corrected chi connectivity index (χ4v) is 3.97. The molecule has 128 valence electrons. The summed E-state index contributed by atoms with van der Waals surface area (Å²) in [6.07, 6.45) is 3.45. The van der Waals surface area contributed by atoms with Crippen LogP contribution in [0.5, 0.6) is 0 Å². The molecule has 1 aliphatic heterocycles. The van der Waals surface area contributed by atoms with Gasteiger partial charge in [-0.1, -0.05) is 12.1 Å². The molecule has 0 bridgehead atoms. The number of benzene rings is 1. The van der Waals surface area contributed by atoms with E-state index in [9.17, 15) is 0 Å². The van der Waals surface area contributed by atoms with E-state index in [0.717, 1.165) is 43.2 Å². The van der Waals surface area contributed by atoms with Gasteiger partial charge in [0.05, 0.1) is 22.8 Å². The van der Waals surface area contributed by atoms with Crippen molar-refractivity contribution in [2.24, 2.45) is 7.05 Å². The number of aryl methyl sites for hydroxylation is 3. The second kappa shape index (κ2) is 5.44. The summed E-state index contributed by atoms with van der Waals surface area (Å²) in [5, 5.41) is 8.84. The zero-order chi connectivity index (χ0) is 17.0. The van der Waals surface area contributed by atoms with Gasteiger partial charge >= 0.3 is 0 Å². The quantitative estimate of drug-likeness (QED) is 0.735. The summed E-state index contributed by atoms with van der Waals surface area (Å²) < 4.78 is 2.17. The van der Waals surface area contributed by atoms with Gasteiger partial charge in [-0.2, -0.15) is 5.10 Å². The average molecular weight is 334 g/mol. The third kappa shape index (κ3) is 2.27. The van der Waals surface area contributed by atoms with Crippen LogP contribution in [-0.4, -0.2) is 45.9 Å². The predicted molar refractivity (Wildman–Crippen MR) is 99.2 cm³/mol. The van der Waals surface area contributed by atoms with Crippen LogP contribution in [0.4, 0.5) is 11.8 Å². The predicted octanol–water partition coefficient (Wildman–Crippen LogP) is 2.18. The Hall–Kier alpha value is -2.63. The Morgan fingerprint density at radius 1 is 1.12 bits per heavy atom. The molecular weight excluding hydrogens is 312 g/mol. The number of hydrogen-bond donors (Lipinski definition) is 0. The van der Waals surface area contributed by atoms with Crippen LogP contribution >= 0.6 is 0 Å². The number of hydrogen-bond acceptors (Lipinski definition) is 5. The fourth-order valence-electron chi connectivity index (χ4n) is 3.97. The smallest absolute Gasteiger partial charge is 0.206 e. The molecule has 1 saturated heterocycles. The lowest BCUT2D eigenvalue weighted by Gasteiger charge is -2.44. The van der Waals surface area contributed by atoms with Crippen LogP contribution in [0.15, 0.2) is 30.3 Å². The maximum atomic E-state index is 4.80.